The Morgan fingerprint density at radius 1 is 1.07 bits per heavy atom. The van der Waals surface area contributed by atoms with Gasteiger partial charge in [-0.05, 0) is 51.2 Å². The first-order valence-electron chi connectivity index (χ1n) is 9.97. The van der Waals surface area contributed by atoms with Gasteiger partial charge in [0.1, 0.15) is 18.0 Å². The normalized spacial score (nSPS) is 22.7. The van der Waals surface area contributed by atoms with E-state index in [0.717, 1.165) is 41.3 Å². The van der Waals surface area contributed by atoms with Crippen LogP contribution in [0.25, 0.3) is 17.3 Å². The minimum Gasteiger partial charge on any atom is -0.488 e. The molecule has 1 aromatic carbocycles. The molecule has 2 atom stereocenters. The summed E-state index contributed by atoms with van der Waals surface area (Å²) in [6.07, 6.45) is 6.30. The molecule has 5 heteroatoms. The summed E-state index contributed by atoms with van der Waals surface area (Å²) < 4.78 is 8.18. The van der Waals surface area contributed by atoms with Crippen molar-refractivity contribution in [2.45, 2.75) is 25.9 Å². The molecule has 0 N–H and O–H groups in total. The van der Waals surface area contributed by atoms with Crippen LogP contribution in [0.5, 0.6) is 5.75 Å². The molecule has 144 valence electrons. The van der Waals surface area contributed by atoms with Crippen molar-refractivity contribution in [3.63, 3.8) is 0 Å². The first kappa shape index (κ1) is 17.3. The number of aromatic nitrogens is 2. The van der Waals surface area contributed by atoms with E-state index in [0.29, 0.717) is 18.7 Å². The zero-order valence-electron chi connectivity index (χ0n) is 16.7. The molecule has 1 fully saturated rings. The SMILES string of the molecule is C[C@@H]1CN(c2ccc3c(c2)OCC(c2cn4ccccc4n2)=C3)C[C@H](C)N1C. The fraction of sp³-hybridized carbons (Fsp3) is 0.348. The third kappa shape index (κ3) is 2.96. The van der Waals surface area contributed by atoms with E-state index in [4.69, 9.17) is 9.72 Å². The van der Waals surface area contributed by atoms with Crippen LogP contribution in [0.15, 0.2) is 48.8 Å². The first-order valence-corrected chi connectivity index (χ1v) is 9.97. The lowest BCUT2D eigenvalue weighted by atomic mass is 10.0. The molecule has 5 rings (SSSR count). The molecule has 1 saturated heterocycles. The highest BCUT2D eigenvalue weighted by atomic mass is 16.5. The van der Waals surface area contributed by atoms with Gasteiger partial charge in [-0.3, -0.25) is 4.90 Å². The largest absolute Gasteiger partial charge is 0.488 e. The van der Waals surface area contributed by atoms with E-state index in [9.17, 15) is 0 Å². The van der Waals surface area contributed by atoms with Gasteiger partial charge in [0.25, 0.3) is 0 Å². The van der Waals surface area contributed by atoms with E-state index in [1.807, 2.05) is 28.8 Å². The van der Waals surface area contributed by atoms with Crippen molar-refractivity contribution in [1.82, 2.24) is 14.3 Å². The van der Waals surface area contributed by atoms with E-state index < -0.39 is 0 Å². The van der Waals surface area contributed by atoms with Crippen molar-refractivity contribution in [3.8, 4) is 5.75 Å². The predicted molar refractivity (Wildman–Crippen MR) is 114 cm³/mol. The molecule has 4 heterocycles. The quantitative estimate of drug-likeness (QED) is 0.683. The Kier molecular flexibility index (Phi) is 4.13. The molecule has 3 aromatic rings. The molecule has 5 nitrogen and oxygen atoms in total. The van der Waals surface area contributed by atoms with E-state index in [2.05, 4.69) is 61.2 Å². The second-order valence-corrected chi connectivity index (χ2v) is 8.04. The maximum Gasteiger partial charge on any atom is 0.137 e. The molecular formula is C23H26N4O. The van der Waals surface area contributed by atoms with E-state index >= 15 is 0 Å². The molecule has 0 saturated carbocycles. The number of hydrogen-bond acceptors (Lipinski definition) is 4. The van der Waals surface area contributed by atoms with Crippen molar-refractivity contribution in [1.29, 1.82) is 0 Å². The summed E-state index contributed by atoms with van der Waals surface area (Å²) in [6, 6.07) is 13.7. The Labute approximate surface area is 165 Å². The summed E-state index contributed by atoms with van der Waals surface area (Å²) in [5, 5.41) is 0. The standard InChI is InChI=1S/C23H26N4O/c1-16-12-27(13-17(2)25(16)3)20-8-7-18-10-19(15-28-22(18)11-20)21-14-26-9-5-4-6-23(26)24-21/h4-11,14,16-17H,12-13,15H2,1-3H3/t16-,17+. The summed E-state index contributed by atoms with van der Waals surface area (Å²) in [5.41, 5.74) is 5.42. The Balaban J connectivity index is 1.43. The van der Waals surface area contributed by atoms with Gasteiger partial charge in [-0.1, -0.05) is 6.07 Å². The number of rotatable bonds is 2. The zero-order valence-corrected chi connectivity index (χ0v) is 16.7. The Morgan fingerprint density at radius 2 is 1.89 bits per heavy atom. The van der Waals surface area contributed by atoms with Crippen molar-refractivity contribution in [2.24, 2.45) is 0 Å². The summed E-state index contributed by atoms with van der Waals surface area (Å²) >= 11 is 0. The number of ether oxygens (including phenoxy) is 1. The van der Waals surface area contributed by atoms with Gasteiger partial charge in [-0.2, -0.15) is 0 Å². The lowest BCUT2D eigenvalue weighted by molar-refractivity contribution is 0.170. The molecule has 2 aliphatic heterocycles. The smallest absolute Gasteiger partial charge is 0.137 e. The minimum atomic E-state index is 0.544. The lowest BCUT2D eigenvalue weighted by Gasteiger charge is -2.43. The predicted octanol–water partition coefficient (Wildman–Crippen LogP) is 3.80. The van der Waals surface area contributed by atoms with Crippen LogP contribution in [-0.4, -0.2) is 53.1 Å². The van der Waals surface area contributed by atoms with E-state index in [1.54, 1.807) is 0 Å². The molecule has 0 aliphatic carbocycles. The summed E-state index contributed by atoms with van der Waals surface area (Å²) in [4.78, 5) is 9.65. The molecule has 2 aliphatic rings. The Hall–Kier alpha value is -2.79. The second kappa shape index (κ2) is 6.67. The molecule has 0 amide bonds. The maximum absolute atomic E-state index is 6.14. The summed E-state index contributed by atoms with van der Waals surface area (Å²) in [6.45, 7) is 7.22. The third-order valence-corrected chi connectivity index (χ3v) is 6.13. The van der Waals surface area contributed by atoms with Gasteiger partial charge in [-0.25, -0.2) is 4.98 Å². The monoisotopic (exact) mass is 374 g/mol. The van der Waals surface area contributed by atoms with Crippen molar-refractivity contribution in [3.05, 3.63) is 60.0 Å². The van der Waals surface area contributed by atoms with Gasteiger partial charge in [0.15, 0.2) is 0 Å². The molecule has 0 spiro atoms. The molecule has 0 unspecified atom stereocenters. The van der Waals surface area contributed by atoms with Crippen LogP contribution in [0, 0.1) is 0 Å². The van der Waals surface area contributed by atoms with Gasteiger partial charge in [0.05, 0.1) is 5.69 Å². The second-order valence-electron chi connectivity index (χ2n) is 8.04. The van der Waals surface area contributed by atoms with Gasteiger partial charge in [0.2, 0.25) is 0 Å². The number of piperazine rings is 1. The molecule has 0 bridgehead atoms. The maximum atomic E-state index is 6.14. The van der Waals surface area contributed by atoms with Crippen LogP contribution in [0.2, 0.25) is 0 Å². The third-order valence-electron chi connectivity index (χ3n) is 6.13. The van der Waals surface area contributed by atoms with Gasteiger partial charge in [-0.15, -0.1) is 0 Å². The summed E-state index contributed by atoms with van der Waals surface area (Å²) in [7, 11) is 2.22. The minimum absolute atomic E-state index is 0.544. The molecular weight excluding hydrogens is 348 g/mol. The van der Waals surface area contributed by atoms with Crippen LogP contribution in [-0.2, 0) is 0 Å². The number of hydrogen-bond donors (Lipinski definition) is 0. The van der Waals surface area contributed by atoms with Crippen molar-refractivity contribution < 1.29 is 4.74 Å². The van der Waals surface area contributed by atoms with Crippen molar-refractivity contribution >= 4 is 23.0 Å². The van der Waals surface area contributed by atoms with Gasteiger partial charge in [0, 0.05) is 60.5 Å². The zero-order chi connectivity index (χ0) is 19.3. The number of nitrogens with zero attached hydrogens (tertiary/aromatic N) is 4. The fourth-order valence-electron chi connectivity index (χ4n) is 4.20. The Morgan fingerprint density at radius 3 is 2.68 bits per heavy atom. The van der Waals surface area contributed by atoms with E-state index in [1.165, 1.54) is 5.69 Å². The van der Waals surface area contributed by atoms with Crippen LogP contribution < -0.4 is 9.64 Å². The number of anilines is 1. The van der Waals surface area contributed by atoms with Crippen LogP contribution in [0.3, 0.4) is 0 Å². The molecule has 0 radical (unpaired) electrons. The number of pyridine rings is 1. The topological polar surface area (TPSA) is 33.0 Å². The summed E-state index contributed by atoms with van der Waals surface area (Å²) in [5.74, 6) is 0.962. The van der Waals surface area contributed by atoms with E-state index in [-0.39, 0.29) is 0 Å². The van der Waals surface area contributed by atoms with Crippen LogP contribution in [0.1, 0.15) is 25.1 Å². The number of fused-ring (bicyclic) bond motifs is 2. The highest BCUT2D eigenvalue weighted by Crippen LogP contribution is 2.34. The average molecular weight is 374 g/mol. The van der Waals surface area contributed by atoms with Crippen LogP contribution >= 0.6 is 0 Å². The van der Waals surface area contributed by atoms with Gasteiger partial charge < -0.3 is 14.0 Å². The first-order chi connectivity index (χ1) is 13.6. The Bertz CT molecular complexity index is 1010. The van der Waals surface area contributed by atoms with Gasteiger partial charge >= 0.3 is 0 Å². The van der Waals surface area contributed by atoms with Crippen molar-refractivity contribution in [2.75, 3.05) is 31.6 Å². The number of benzene rings is 1. The highest BCUT2D eigenvalue weighted by molar-refractivity contribution is 5.85. The highest BCUT2D eigenvalue weighted by Gasteiger charge is 2.27. The number of likely N-dealkylation sites (N-methyl/N-ethyl adjacent to an activating group) is 1. The average Bonchev–Trinajstić information content (AvgIpc) is 3.15. The lowest BCUT2D eigenvalue weighted by Crippen LogP contribution is -2.55. The fourth-order valence-corrected chi connectivity index (χ4v) is 4.20. The van der Waals surface area contributed by atoms with Crippen LogP contribution in [0.4, 0.5) is 5.69 Å². The molecule has 2 aromatic heterocycles. The number of imidazole rings is 1. The molecule has 28 heavy (non-hydrogen) atoms.